The number of nitriles is 2. The predicted molar refractivity (Wildman–Crippen MR) is 422 cm³/mol. The van der Waals surface area contributed by atoms with E-state index in [1.807, 2.05) is 9.80 Å². The number of carboxylic acids is 4. The summed E-state index contributed by atoms with van der Waals surface area (Å²) in [6, 6.07) is 11.8. The largest absolute Gasteiger partial charge is 0.494 e. The van der Waals surface area contributed by atoms with Crippen LogP contribution in [0.5, 0.6) is 11.5 Å². The van der Waals surface area contributed by atoms with Crippen molar-refractivity contribution in [3.8, 4) is 23.6 Å². The van der Waals surface area contributed by atoms with E-state index in [-0.39, 0.29) is 152 Å². The van der Waals surface area contributed by atoms with Crippen LogP contribution in [0.15, 0.2) is 60.9 Å². The third kappa shape index (κ3) is 27.5. The fourth-order valence-electron chi connectivity index (χ4n) is 16.0. The molecule has 0 spiro atoms. The monoisotopic (exact) mass is 1700 g/mol. The summed E-state index contributed by atoms with van der Waals surface area (Å²) in [5.74, 6) is -15.6. The van der Waals surface area contributed by atoms with Gasteiger partial charge >= 0.3 is 23.9 Å². The highest BCUT2D eigenvalue weighted by Gasteiger charge is 2.49. The van der Waals surface area contributed by atoms with Crippen molar-refractivity contribution in [3.63, 3.8) is 0 Å². The van der Waals surface area contributed by atoms with E-state index in [0.29, 0.717) is 97.9 Å². The Morgan fingerprint density at radius 3 is 1.45 bits per heavy atom. The second-order valence-corrected chi connectivity index (χ2v) is 31.3. The van der Waals surface area contributed by atoms with Crippen LogP contribution in [-0.2, 0) is 52.7 Å². The summed E-state index contributed by atoms with van der Waals surface area (Å²) in [6.07, 6.45) is 4.77. The van der Waals surface area contributed by atoms with Crippen molar-refractivity contribution in [3.05, 3.63) is 72.1 Å². The Hall–Kier alpha value is -11.5. The van der Waals surface area contributed by atoms with Crippen LogP contribution in [0, 0.1) is 22.7 Å². The second-order valence-electron chi connectivity index (χ2n) is 31.3. The smallest absolute Gasteiger partial charge is 0.317 e. The van der Waals surface area contributed by atoms with E-state index in [1.54, 1.807) is 72.4 Å². The molecule has 5 aliphatic heterocycles. The number of rotatable bonds is 44. The first-order chi connectivity index (χ1) is 57.6. The van der Waals surface area contributed by atoms with Gasteiger partial charge in [0.05, 0.1) is 113 Å². The summed E-state index contributed by atoms with van der Waals surface area (Å²) in [6.45, 7) is -3.52. The number of carbonyl (C=O) groups is 13. The summed E-state index contributed by atoms with van der Waals surface area (Å²) < 4.78 is 67.9. The molecule has 0 radical (unpaired) electrons. The molecule has 9 amide bonds. The maximum Gasteiger partial charge on any atom is 0.317 e. The number of hydrogen-bond acceptors (Lipinski definition) is 24. The lowest BCUT2D eigenvalue weighted by atomic mass is 9.88. The molecule has 9 rings (SSSR count). The first-order valence-electron chi connectivity index (χ1n) is 40.2. The van der Waals surface area contributed by atoms with E-state index in [0.717, 1.165) is 9.80 Å². The van der Waals surface area contributed by atoms with Crippen molar-refractivity contribution in [2.75, 3.05) is 158 Å². The van der Waals surface area contributed by atoms with Gasteiger partial charge in [-0.3, -0.25) is 96.8 Å². The number of halogens is 4. The van der Waals surface area contributed by atoms with Crippen LogP contribution in [0.3, 0.4) is 0 Å². The van der Waals surface area contributed by atoms with Gasteiger partial charge in [0.1, 0.15) is 29.6 Å². The average Bonchev–Trinajstić information content (AvgIpc) is 1.76. The highest BCUT2D eigenvalue weighted by molar-refractivity contribution is 6.08. The fourth-order valence-corrected chi connectivity index (χ4v) is 16.0. The standard InChI is InChI=1S/C80H104F4N18O19/c1-94(42-66(104)89-22-6-8-30-120-56-11-13-62-60(32-56)58(17-24-87-62)75(117)91-38-69(107)101-50-79(81,82)34-54(101)36-85)52-19-26-98(40-52)68(106)16-15-64(93-65(103)10-4-3-5-21-78(100(46-73(113)114)47-74(115)116)48-96(44-71(109)110)28-29-97(49-78)45-72(111)112)77(119)99-27-20-53(41-99)95(2)43-67(105)90-23-7-9-31-121-57-12-14-63-61(33-57)59(18-25-88-63)76(118)92-39-70(108)102-51-80(83,84)35-55(102)37-86/h11-14,17-18,24-25,32-33,52-55,64H,3-10,15-16,19-23,26-31,34-35,38-51H2,1-2H3,(H,89,104)(H,90,105)(H,91,117)(H,92,118)(H,93,103)(H,109,110)(H,111,112)(H,113,114)(H,115,116)/t52-,53-,54+,55+,64+/m1/s1. The van der Waals surface area contributed by atoms with Gasteiger partial charge in [0.2, 0.25) is 41.4 Å². The summed E-state index contributed by atoms with van der Waals surface area (Å²) in [5, 5.41) is 72.5. The first-order valence-corrected chi connectivity index (χ1v) is 40.2. The lowest BCUT2D eigenvalue weighted by molar-refractivity contribution is -0.148. The molecular formula is C80H104F4N18O19. The normalized spacial score (nSPS) is 19.1. The molecule has 4 aromatic rings. The molecule has 41 heteroatoms. The van der Waals surface area contributed by atoms with E-state index in [2.05, 4.69) is 36.6 Å². The fraction of sp³-hybridized carbons (Fsp3) is 0.588. The zero-order valence-electron chi connectivity index (χ0n) is 67.6. The number of ether oxygens (including phenoxy) is 2. The Morgan fingerprint density at radius 1 is 0.537 bits per heavy atom. The van der Waals surface area contributed by atoms with Crippen LogP contribution >= 0.6 is 0 Å². The van der Waals surface area contributed by atoms with Crippen LogP contribution < -0.4 is 36.1 Å². The number of nitrogens with one attached hydrogen (secondary N) is 5. The van der Waals surface area contributed by atoms with Crippen LogP contribution in [0.2, 0.25) is 0 Å². The van der Waals surface area contributed by atoms with E-state index >= 15 is 0 Å². The van der Waals surface area contributed by atoms with E-state index < -0.39 is 160 Å². The third-order valence-electron chi connectivity index (χ3n) is 22.2. The highest BCUT2D eigenvalue weighted by Crippen LogP contribution is 2.35. The molecular weight excluding hydrogens is 1590 g/mol. The summed E-state index contributed by atoms with van der Waals surface area (Å²) in [5.41, 5.74) is -0.189. The van der Waals surface area contributed by atoms with Gasteiger partial charge in [-0.1, -0.05) is 12.8 Å². The zero-order valence-corrected chi connectivity index (χ0v) is 67.6. The molecule has 7 heterocycles. The minimum Gasteiger partial charge on any atom is -0.494 e. The van der Waals surface area contributed by atoms with Gasteiger partial charge in [-0.15, -0.1) is 0 Å². The van der Waals surface area contributed by atoms with Crippen LogP contribution in [-0.4, -0.2) is 357 Å². The highest BCUT2D eigenvalue weighted by atomic mass is 19.3. The number of carbonyl (C=O) groups excluding carboxylic acids is 9. The van der Waals surface area contributed by atoms with E-state index in [1.165, 1.54) is 39.2 Å². The van der Waals surface area contributed by atoms with E-state index in [4.69, 9.17) is 9.47 Å². The van der Waals surface area contributed by atoms with Crippen molar-refractivity contribution < 1.29 is 110 Å². The number of pyridine rings is 2. The number of likely N-dealkylation sites (tertiary alicyclic amines) is 4. The van der Waals surface area contributed by atoms with Gasteiger partial charge in [-0.25, -0.2) is 17.6 Å². The average molecular weight is 1700 g/mol. The number of hydrogen-bond donors (Lipinski definition) is 9. The quantitative estimate of drug-likeness (QED) is 0.0222. The Balaban J connectivity index is 0.741. The molecule has 9 N–H and O–H groups in total. The number of benzene rings is 2. The van der Waals surface area contributed by atoms with Gasteiger partial charge in [0.25, 0.3) is 23.7 Å². The van der Waals surface area contributed by atoms with Gasteiger partial charge in [-0.05, 0) is 120 Å². The maximum atomic E-state index is 14.7. The zero-order chi connectivity index (χ0) is 87.7. The van der Waals surface area contributed by atoms with Gasteiger partial charge in [-0.2, -0.15) is 10.5 Å². The minimum absolute atomic E-state index is 0.0117. The topological polar surface area (TPSA) is 484 Å². The van der Waals surface area contributed by atoms with Crippen molar-refractivity contribution in [2.45, 2.75) is 144 Å². The molecule has 5 aliphatic rings. The van der Waals surface area contributed by atoms with Gasteiger partial charge < -0.3 is 76.1 Å². The summed E-state index contributed by atoms with van der Waals surface area (Å²) in [7, 11) is 3.51. The number of aromatic nitrogens is 2. The number of likely N-dealkylation sites (N-methyl/N-ethyl adjacent to an activating group) is 2. The molecule has 5 atom stereocenters. The SMILES string of the molecule is CN(CC(=O)NCCCCOc1ccc2nccc(C(=O)NCC(=O)N3CC(F)(F)C[C@H]3C#N)c2c1)[C@@H]1CCN(C(=O)CC[C@H](NC(=O)CCCCCC2(N(CC(=O)O)CC(=O)O)CN(CC(=O)O)CCN(CC(=O)O)C2)C(=O)N2CC[C@@H](N(C)CC(=O)NCCCCOc3ccc4nccc(C(=O)NCC(=O)N5CC(F)(F)C[C@H]5C#N)c4c3)C2)C1. The molecule has 0 unspecified atom stereocenters. The molecule has 121 heavy (non-hydrogen) atoms. The third-order valence-corrected chi connectivity index (χ3v) is 22.2. The summed E-state index contributed by atoms with van der Waals surface area (Å²) in [4.78, 5) is 191. The second kappa shape index (κ2) is 43.6. The Bertz CT molecular complexity index is 4480. The first kappa shape index (κ1) is 93.3. The molecule has 2 aromatic carbocycles. The van der Waals surface area contributed by atoms with Crippen LogP contribution in [0.4, 0.5) is 17.6 Å². The van der Waals surface area contributed by atoms with Crippen LogP contribution in [0.1, 0.15) is 117 Å². The number of nitrogens with zero attached hydrogens (tertiary/aromatic N) is 13. The van der Waals surface area contributed by atoms with Gasteiger partial charge in [0.15, 0.2) is 0 Å². The Morgan fingerprint density at radius 2 is 1.00 bits per heavy atom. The lowest BCUT2D eigenvalue weighted by Crippen LogP contribution is -2.62. The number of fused-ring (bicyclic) bond motifs is 2. The van der Waals surface area contributed by atoms with Crippen molar-refractivity contribution in [1.82, 2.24) is 80.7 Å². The molecule has 656 valence electrons. The predicted octanol–water partition coefficient (Wildman–Crippen LogP) is 1.29. The minimum atomic E-state index is -3.22. The number of alkyl halides is 4. The number of unbranched alkanes of at least 4 members (excludes halogenated alkanes) is 4. The molecule has 2 aromatic heterocycles. The molecule has 5 fully saturated rings. The van der Waals surface area contributed by atoms with Crippen molar-refractivity contribution in [2.24, 2.45) is 0 Å². The number of carboxylic acid groups (broad SMARTS) is 4. The molecule has 37 nitrogen and oxygen atoms in total. The Kier molecular flexibility index (Phi) is 33.6. The maximum absolute atomic E-state index is 14.7. The molecule has 0 bridgehead atoms. The molecule has 5 saturated heterocycles. The number of amides is 9. The van der Waals surface area contributed by atoms with Crippen molar-refractivity contribution in [1.29, 1.82) is 10.5 Å². The lowest BCUT2D eigenvalue weighted by Gasteiger charge is -2.45. The van der Waals surface area contributed by atoms with Crippen LogP contribution in [0.25, 0.3) is 21.8 Å². The Labute approximate surface area is 694 Å². The van der Waals surface area contributed by atoms with Gasteiger partial charge in [0, 0.05) is 132 Å². The number of aliphatic carboxylic acids is 4. The molecule has 0 saturated carbocycles. The molecule has 0 aliphatic carbocycles. The van der Waals surface area contributed by atoms with E-state index in [9.17, 15) is 111 Å². The summed E-state index contributed by atoms with van der Waals surface area (Å²) >= 11 is 0. The van der Waals surface area contributed by atoms with Crippen molar-refractivity contribution >= 4 is 98.8 Å².